The molecule has 1 aromatic carbocycles. The molecular weight excluding hydrogens is 478 g/mol. The summed E-state index contributed by atoms with van der Waals surface area (Å²) in [5.74, 6) is 2.54. The van der Waals surface area contributed by atoms with E-state index in [2.05, 4.69) is 31.4 Å². The lowest BCUT2D eigenvalue weighted by molar-refractivity contribution is -0.117. The summed E-state index contributed by atoms with van der Waals surface area (Å²) in [4.78, 5) is 28.5. The van der Waals surface area contributed by atoms with Crippen LogP contribution in [-0.4, -0.2) is 59.0 Å². The van der Waals surface area contributed by atoms with Crippen molar-refractivity contribution in [1.29, 1.82) is 0 Å². The van der Waals surface area contributed by atoms with Crippen molar-refractivity contribution in [3.63, 3.8) is 0 Å². The molecule has 38 heavy (non-hydrogen) atoms. The number of carbonyl (C=O) groups excluding carboxylic acids is 2. The van der Waals surface area contributed by atoms with Crippen LogP contribution < -0.4 is 10.6 Å². The smallest absolute Gasteiger partial charge is 0.318 e. The summed E-state index contributed by atoms with van der Waals surface area (Å²) in [6.07, 6.45) is 7.16. The minimum absolute atomic E-state index is 0.0501. The third kappa shape index (κ3) is 5.75. The van der Waals surface area contributed by atoms with Gasteiger partial charge in [0.15, 0.2) is 0 Å². The number of anilines is 1. The quantitative estimate of drug-likeness (QED) is 0.509. The van der Waals surface area contributed by atoms with E-state index < -0.39 is 0 Å². The minimum Gasteiger partial charge on any atom is -0.383 e. The lowest BCUT2D eigenvalue weighted by Crippen LogP contribution is -2.62. The van der Waals surface area contributed by atoms with Crippen LogP contribution in [0, 0.1) is 24.7 Å². The van der Waals surface area contributed by atoms with Gasteiger partial charge in [-0.05, 0) is 75.3 Å². The van der Waals surface area contributed by atoms with Crippen molar-refractivity contribution >= 4 is 17.8 Å². The Balaban J connectivity index is 1.31. The molecule has 4 aliphatic rings. The highest BCUT2D eigenvalue weighted by Gasteiger charge is 2.51. The van der Waals surface area contributed by atoms with Gasteiger partial charge in [0.25, 0.3) is 0 Å². The first-order valence-electron chi connectivity index (χ1n) is 14.1. The van der Waals surface area contributed by atoms with Crippen LogP contribution in [0.5, 0.6) is 0 Å². The zero-order valence-electron chi connectivity index (χ0n) is 23.5. The second-order valence-corrected chi connectivity index (χ2v) is 13.0. The van der Waals surface area contributed by atoms with Gasteiger partial charge in [0, 0.05) is 30.7 Å². The molecule has 8 nitrogen and oxygen atoms in total. The molecule has 3 amide bonds. The van der Waals surface area contributed by atoms with Crippen LogP contribution >= 0.6 is 0 Å². The van der Waals surface area contributed by atoms with Gasteiger partial charge >= 0.3 is 6.03 Å². The van der Waals surface area contributed by atoms with E-state index in [0.717, 1.165) is 54.0 Å². The lowest BCUT2D eigenvalue weighted by Gasteiger charge is -2.57. The Hall–Kier alpha value is -2.87. The molecule has 1 heterocycles. The summed E-state index contributed by atoms with van der Waals surface area (Å²) in [7, 11) is 1.61. The topological polar surface area (TPSA) is 88.5 Å². The van der Waals surface area contributed by atoms with Gasteiger partial charge in [-0.25, -0.2) is 9.48 Å². The number of nitrogens with one attached hydrogen (secondary N) is 2. The molecule has 4 fully saturated rings. The van der Waals surface area contributed by atoms with Crippen molar-refractivity contribution < 1.29 is 14.3 Å². The molecule has 4 bridgehead atoms. The number of aromatic nitrogens is 2. The maximum atomic E-state index is 13.5. The van der Waals surface area contributed by atoms with Crippen LogP contribution in [0.4, 0.5) is 10.6 Å². The van der Waals surface area contributed by atoms with Crippen LogP contribution in [0.2, 0.25) is 0 Å². The zero-order valence-corrected chi connectivity index (χ0v) is 23.5. The molecule has 0 radical (unpaired) electrons. The monoisotopic (exact) mass is 521 g/mol. The van der Waals surface area contributed by atoms with E-state index in [1.54, 1.807) is 16.7 Å². The summed E-state index contributed by atoms with van der Waals surface area (Å²) >= 11 is 0. The fraction of sp³-hybridized carbons (Fsp3) is 0.633. The number of rotatable bonds is 8. The van der Waals surface area contributed by atoms with Crippen LogP contribution in [0.25, 0.3) is 5.69 Å². The molecule has 206 valence electrons. The summed E-state index contributed by atoms with van der Waals surface area (Å²) in [6.45, 7) is 9.01. The van der Waals surface area contributed by atoms with Gasteiger partial charge in [-0.1, -0.05) is 38.5 Å². The van der Waals surface area contributed by atoms with Gasteiger partial charge in [-0.3, -0.25) is 4.79 Å². The van der Waals surface area contributed by atoms with Gasteiger partial charge in [0.2, 0.25) is 5.91 Å². The first-order valence-corrected chi connectivity index (χ1v) is 14.1. The molecule has 4 saturated carbocycles. The number of hydrogen-bond donors (Lipinski definition) is 2. The molecule has 2 N–H and O–H groups in total. The molecule has 2 aromatic rings. The average Bonchev–Trinajstić information content (AvgIpc) is 3.25. The second-order valence-electron chi connectivity index (χ2n) is 13.0. The van der Waals surface area contributed by atoms with E-state index >= 15 is 0 Å². The number of amides is 3. The first kappa shape index (κ1) is 26.7. The van der Waals surface area contributed by atoms with Crippen LogP contribution in [-0.2, 0) is 14.9 Å². The van der Waals surface area contributed by atoms with Crippen LogP contribution in [0.3, 0.4) is 0 Å². The number of nitrogens with zero attached hydrogens (tertiary/aromatic N) is 3. The number of urea groups is 1. The Morgan fingerprint density at radius 3 is 2.24 bits per heavy atom. The highest BCUT2D eigenvalue weighted by molar-refractivity contribution is 5.94. The highest BCUT2D eigenvalue weighted by Crippen LogP contribution is 2.55. The van der Waals surface area contributed by atoms with Crippen molar-refractivity contribution in [1.82, 2.24) is 20.0 Å². The third-order valence-corrected chi connectivity index (χ3v) is 8.62. The number of ether oxygens (including phenoxy) is 1. The fourth-order valence-corrected chi connectivity index (χ4v) is 7.10. The number of methoxy groups -OCH3 is 1. The van der Waals surface area contributed by atoms with Crippen LogP contribution in [0.1, 0.15) is 70.6 Å². The summed E-state index contributed by atoms with van der Waals surface area (Å²) in [5, 5.41) is 11.2. The second kappa shape index (κ2) is 10.4. The SMILES string of the molecule is COCCN(CC(=O)Nc1cc(C(C)(C)C)nn1-c1ccc(C)cc1)C(=O)NC12CC3CC(CC(C3)C1)C2. The Kier molecular flexibility index (Phi) is 7.29. The summed E-state index contributed by atoms with van der Waals surface area (Å²) in [6, 6.07) is 9.80. The Bertz CT molecular complexity index is 1130. The van der Waals surface area contributed by atoms with Gasteiger partial charge in [0.1, 0.15) is 12.4 Å². The molecule has 1 aromatic heterocycles. The van der Waals surface area contributed by atoms with Crippen LogP contribution in [0.15, 0.2) is 30.3 Å². The average molecular weight is 522 g/mol. The number of benzene rings is 1. The largest absolute Gasteiger partial charge is 0.383 e. The van der Waals surface area contributed by atoms with Gasteiger partial charge in [0.05, 0.1) is 18.0 Å². The fourth-order valence-electron chi connectivity index (χ4n) is 7.10. The van der Waals surface area contributed by atoms with Crippen molar-refractivity contribution in [2.45, 2.75) is 77.2 Å². The van der Waals surface area contributed by atoms with E-state index in [9.17, 15) is 9.59 Å². The Labute approximate surface area is 226 Å². The molecule has 0 atom stereocenters. The van der Waals surface area contributed by atoms with Gasteiger partial charge in [-0.15, -0.1) is 0 Å². The highest BCUT2D eigenvalue weighted by atomic mass is 16.5. The van der Waals surface area contributed by atoms with E-state index in [0.29, 0.717) is 19.0 Å². The molecule has 4 aliphatic carbocycles. The van der Waals surface area contributed by atoms with E-state index in [1.165, 1.54) is 19.3 Å². The molecule has 0 spiro atoms. The maximum absolute atomic E-state index is 13.5. The van der Waals surface area contributed by atoms with Crippen molar-refractivity contribution in [2.24, 2.45) is 17.8 Å². The van der Waals surface area contributed by atoms with E-state index in [-0.39, 0.29) is 29.4 Å². The molecule has 8 heteroatoms. The first-order chi connectivity index (χ1) is 18.0. The molecule has 0 aliphatic heterocycles. The zero-order chi connectivity index (χ0) is 27.1. The van der Waals surface area contributed by atoms with Gasteiger partial charge < -0.3 is 20.3 Å². The molecule has 0 unspecified atom stereocenters. The standard InChI is InChI=1S/C30H43N5O3/c1-20-6-8-24(9-7-20)35-26(15-25(33-35)29(2,3)4)31-27(36)19-34(10-11-38-5)28(37)32-30-16-21-12-22(17-30)14-23(13-21)18-30/h6-9,15,21-23H,10-14,16-19H2,1-5H3,(H,31,36)(H,32,37). The van der Waals surface area contributed by atoms with E-state index in [4.69, 9.17) is 9.84 Å². The minimum atomic E-state index is -0.254. The van der Waals surface area contributed by atoms with Crippen molar-refractivity contribution in [3.8, 4) is 5.69 Å². The van der Waals surface area contributed by atoms with Crippen molar-refractivity contribution in [2.75, 3.05) is 32.1 Å². The summed E-state index contributed by atoms with van der Waals surface area (Å²) < 4.78 is 7.05. The predicted molar refractivity (Wildman–Crippen MR) is 149 cm³/mol. The third-order valence-electron chi connectivity index (χ3n) is 8.62. The summed E-state index contributed by atoms with van der Waals surface area (Å²) in [5.41, 5.74) is 2.61. The molecule has 0 saturated heterocycles. The van der Waals surface area contributed by atoms with E-state index in [1.807, 2.05) is 37.3 Å². The molecular formula is C30H43N5O3. The maximum Gasteiger partial charge on any atom is 0.318 e. The van der Waals surface area contributed by atoms with Crippen molar-refractivity contribution in [3.05, 3.63) is 41.6 Å². The Morgan fingerprint density at radius 2 is 1.68 bits per heavy atom. The molecule has 6 rings (SSSR count). The number of hydrogen-bond acceptors (Lipinski definition) is 4. The predicted octanol–water partition coefficient (Wildman–Crippen LogP) is 5.04. The lowest BCUT2D eigenvalue weighted by atomic mass is 9.53. The normalized spacial score (nSPS) is 25.9. The Morgan fingerprint density at radius 1 is 1.08 bits per heavy atom. The number of aryl methyl sites for hydroxylation is 1. The number of carbonyl (C=O) groups is 2. The van der Waals surface area contributed by atoms with Gasteiger partial charge in [-0.2, -0.15) is 5.10 Å².